The minimum absolute atomic E-state index is 0.229. The molecule has 0 radical (unpaired) electrons. The molecule has 1 aromatic rings. The van der Waals surface area contributed by atoms with Crippen LogP contribution in [0, 0.1) is 12.8 Å². The molecule has 2 heterocycles. The number of likely N-dealkylation sites (tertiary alicyclic amines) is 1. The molecule has 24 heavy (non-hydrogen) atoms. The van der Waals surface area contributed by atoms with Gasteiger partial charge < -0.3 is 20.6 Å². The summed E-state index contributed by atoms with van der Waals surface area (Å²) in [5, 5.41) is 15.6. The maximum Gasteiger partial charge on any atom is 0.314 e. The fourth-order valence-electron chi connectivity index (χ4n) is 2.97. The number of hydrogen-bond donors (Lipinski definition) is 3. The zero-order valence-electron chi connectivity index (χ0n) is 14.8. The Bertz CT molecular complexity index is 515. The topological polar surface area (TPSA) is 77.5 Å². The number of urea groups is 1. The molecule has 1 saturated heterocycles. The normalized spacial score (nSPS) is 17.5. The average Bonchev–Trinajstić information content (AvgIpc) is 2.57. The first kappa shape index (κ1) is 18.7. The average molecular weight is 334 g/mol. The van der Waals surface area contributed by atoms with Gasteiger partial charge in [0.1, 0.15) is 0 Å². The largest absolute Gasteiger partial charge is 0.390 e. The van der Waals surface area contributed by atoms with Crippen LogP contribution in [-0.2, 0) is 6.42 Å². The van der Waals surface area contributed by atoms with Crippen molar-refractivity contribution >= 4 is 6.03 Å². The molecule has 0 spiro atoms. The Morgan fingerprint density at radius 2 is 2.17 bits per heavy atom. The van der Waals surface area contributed by atoms with Crippen molar-refractivity contribution in [1.29, 1.82) is 0 Å². The second-order valence-electron chi connectivity index (χ2n) is 6.83. The molecule has 1 atom stereocenters. The van der Waals surface area contributed by atoms with Crippen LogP contribution in [0.1, 0.15) is 30.9 Å². The fraction of sp³-hybridized carbons (Fsp3) is 0.667. The lowest BCUT2D eigenvalue weighted by Crippen LogP contribution is -2.45. The Morgan fingerprint density at radius 3 is 2.88 bits per heavy atom. The molecule has 2 amide bonds. The molecule has 6 heteroatoms. The Hall–Kier alpha value is -1.66. The third kappa shape index (κ3) is 6.45. The van der Waals surface area contributed by atoms with E-state index in [4.69, 9.17) is 0 Å². The Labute approximate surface area is 144 Å². The molecule has 0 bridgehead atoms. The minimum atomic E-state index is -0.522. The van der Waals surface area contributed by atoms with Gasteiger partial charge in [-0.05, 0) is 62.4 Å². The highest BCUT2D eigenvalue weighted by molar-refractivity contribution is 5.73. The van der Waals surface area contributed by atoms with E-state index >= 15 is 0 Å². The number of hydrogen-bond acceptors (Lipinski definition) is 4. The smallest absolute Gasteiger partial charge is 0.314 e. The maximum atomic E-state index is 11.8. The number of carbonyl (C=O) groups excluding carboxylic acids is 1. The monoisotopic (exact) mass is 334 g/mol. The summed E-state index contributed by atoms with van der Waals surface area (Å²) in [6.45, 7) is 7.84. The highest BCUT2D eigenvalue weighted by Gasteiger charge is 2.18. The van der Waals surface area contributed by atoms with Crippen molar-refractivity contribution in [3.63, 3.8) is 0 Å². The van der Waals surface area contributed by atoms with Gasteiger partial charge in [0.15, 0.2) is 0 Å². The predicted molar refractivity (Wildman–Crippen MR) is 94.9 cm³/mol. The fourth-order valence-corrected chi connectivity index (χ4v) is 2.97. The quantitative estimate of drug-likeness (QED) is 0.703. The number of aliphatic hydroxyl groups excluding tert-OH is 1. The number of aliphatic hydroxyl groups is 1. The third-order valence-electron chi connectivity index (χ3n) is 4.66. The number of nitrogens with one attached hydrogen (secondary N) is 2. The lowest BCUT2D eigenvalue weighted by molar-refractivity contribution is 0.0920. The summed E-state index contributed by atoms with van der Waals surface area (Å²) in [7, 11) is 0. The van der Waals surface area contributed by atoms with Crippen molar-refractivity contribution < 1.29 is 9.90 Å². The summed E-state index contributed by atoms with van der Waals surface area (Å²) >= 11 is 0. The van der Waals surface area contributed by atoms with E-state index in [-0.39, 0.29) is 12.6 Å². The number of pyridine rings is 1. The highest BCUT2D eigenvalue weighted by Crippen LogP contribution is 2.15. The van der Waals surface area contributed by atoms with Crippen molar-refractivity contribution in [3.8, 4) is 0 Å². The molecule has 3 N–H and O–H groups in total. The molecule has 6 nitrogen and oxygen atoms in total. The molecule has 2 rings (SSSR count). The zero-order valence-corrected chi connectivity index (χ0v) is 14.8. The van der Waals surface area contributed by atoms with Crippen LogP contribution in [-0.4, -0.2) is 59.8 Å². The van der Waals surface area contributed by atoms with Gasteiger partial charge >= 0.3 is 6.03 Å². The van der Waals surface area contributed by atoms with E-state index in [1.165, 1.54) is 18.4 Å². The SMILES string of the molecule is Cc1cnccc1CCNC(=O)NCC(O)CN1CCC(C)CC1. The predicted octanol–water partition coefficient (Wildman–Crippen LogP) is 1.32. The van der Waals surface area contributed by atoms with Gasteiger partial charge in [-0.15, -0.1) is 0 Å². The summed E-state index contributed by atoms with van der Waals surface area (Å²) in [5.74, 6) is 0.784. The number of rotatable bonds is 7. The van der Waals surface area contributed by atoms with Crippen molar-refractivity contribution in [3.05, 3.63) is 29.6 Å². The van der Waals surface area contributed by atoms with Crippen molar-refractivity contribution in [2.24, 2.45) is 5.92 Å². The van der Waals surface area contributed by atoms with E-state index in [0.717, 1.165) is 31.0 Å². The Morgan fingerprint density at radius 1 is 1.42 bits per heavy atom. The number of nitrogens with zero attached hydrogens (tertiary/aromatic N) is 2. The van der Waals surface area contributed by atoms with Crippen LogP contribution in [0.4, 0.5) is 4.79 Å². The number of aryl methyl sites for hydroxylation is 1. The molecular weight excluding hydrogens is 304 g/mol. The number of aromatic nitrogens is 1. The van der Waals surface area contributed by atoms with E-state index in [2.05, 4.69) is 27.4 Å². The molecule has 1 aromatic heterocycles. The molecular formula is C18H30N4O2. The summed E-state index contributed by atoms with van der Waals surface area (Å²) < 4.78 is 0. The molecule has 0 aliphatic carbocycles. The van der Waals surface area contributed by atoms with E-state index in [9.17, 15) is 9.90 Å². The standard InChI is InChI=1S/C18H30N4O2/c1-14-5-9-22(10-6-14)13-17(23)12-21-18(24)20-8-4-16-3-7-19-11-15(16)2/h3,7,11,14,17,23H,4-6,8-10,12-13H2,1-2H3,(H2,20,21,24). The maximum absolute atomic E-state index is 11.8. The van der Waals surface area contributed by atoms with E-state index in [0.29, 0.717) is 13.1 Å². The van der Waals surface area contributed by atoms with Crippen LogP contribution in [0.2, 0.25) is 0 Å². The summed E-state index contributed by atoms with van der Waals surface area (Å²) in [4.78, 5) is 18.1. The number of amides is 2. The van der Waals surface area contributed by atoms with Crippen LogP contribution >= 0.6 is 0 Å². The van der Waals surface area contributed by atoms with Crippen LogP contribution in [0.3, 0.4) is 0 Å². The first-order chi connectivity index (χ1) is 11.5. The van der Waals surface area contributed by atoms with Gasteiger partial charge in [-0.25, -0.2) is 4.79 Å². The van der Waals surface area contributed by atoms with Crippen molar-refractivity contribution in [1.82, 2.24) is 20.5 Å². The van der Waals surface area contributed by atoms with Gasteiger partial charge in [0.25, 0.3) is 0 Å². The number of piperidine rings is 1. The van der Waals surface area contributed by atoms with Gasteiger partial charge in [0, 0.05) is 32.0 Å². The first-order valence-electron chi connectivity index (χ1n) is 8.86. The molecule has 0 saturated carbocycles. The molecule has 1 aliphatic heterocycles. The Kier molecular flexibility index (Phi) is 7.46. The molecule has 1 fully saturated rings. The third-order valence-corrected chi connectivity index (χ3v) is 4.66. The molecule has 134 valence electrons. The minimum Gasteiger partial charge on any atom is -0.390 e. The van der Waals surface area contributed by atoms with Gasteiger partial charge in [-0.1, -0.05) is 6.92 Å². The van der Waals surface area contributed by atoms with Crippen molar-refractivity contribution in [2.45, 2.75) is 39.2 Å². The molecule has 1 unspecified atom stereocenters. The van der Waals surface area contributed by atoms with Crippen LogP contribution in [0.5, 0.6) is 0 Å². The molecule has 1 aliphatic rings. The summed E-state index contributed by atoms with van der Waals surface area (Å²) in [5.41, 5.74) is 2.32. The second-order valence-corrected chi connectivity index (χ2v) is 6.83. The van der Waals surface area contributed by atoms with Gasteiger partial charge in [-0.3, -0.25) is 4.98 Å². The van der Waals surface area contributed by atoms with Crippen molar-refractivity contribution in [2.75, 3.05) is 32.7 Å². The lowest BCUT2D eigenvalue weighted by atomic mass is 9.99. The van der Waals surface area contributed by atoms with E-state index in [1.807, 2.05) is 19.2 Å². The summed E-state index contributed by atoms with van der Waals surface area (Å²) in [6.07, 6.45) is 6.22. The van der Waals surface area contributed by atoms with Gasteiger partial charge in [0.05, 0.1) is 6.10 Å². The second kappa shape index (κ2) is 9.59. The first-order valence-corrected chi connectivity index (χ1v) is 8.86. The Balaban J connectivity index is 1.58. The number of β-amino-alcohol motifs (C(OH)–C–C–N with tert-alkyl or cyclic N) is 1. The van der Waals surface area contributed by atoms with Crippen LogP contribution in [0.15, 0.2) is 18.5 Å². The zero-order chi connectivity index (χ0) is 17.4. The molecule has 0 aromatic carbocycles. The lowest BCUT2D eigenvalue weighted by Gasteiger charge is -2.31. The van der Waals surface area contributed by atoms with Gasteiger partial charge in [-0.2, -0.15) is 0 Å². The van der Waals surface area contributed by atoms with E-state index in [1.54, 1.807) is 6.20 Å². The van der Waals surface area contributed by atoms with E-state index < -0.39 is 6.10 Å². The van der Waals surface area contributed by atoms with Crippen LogP contribution in [0.25, 0.3) is 0 Å². The van der Waals surface area contributed by atoms with Gasteiger partial charge in [0.2, 0.25) is 0 Å². The summed E-state index contributed by atoms with van der Waals surface area (Å²) in [6, 6.07) is 1.74. The number of carbonyl (C=O) groups is 1. The van der Waals surface area contributed by atoms with Crippen LogP contribution < -0.4 is 10.6 Å². The highest BCUT2D eigenvalue weighted by atomic mass is 16.3.